The van der Waals surface area contributed by atoms with E-state index in [9.17, 15) is 4.79 Å². The Morgan fingerprint density at radius 3 is 2.59 bits per heavy atom. The molecule has 1 aromatic rings. The molecule has 0 aromatic carbocycles. The summed E-state index contributed by atoms with van der Waals surface area (Å²) in [7, 11) is 0. The van der Waals surface area contributed by atoms with Crippen LogP contribution in [0.15, 0.2) is 4.52 Å². The summed E-state index contributed by atoms with van der Waals surface area (Å²) in [5.74, 6) is 0.673. The number of amides is 1. The van der Waals surface area contributed by atoms with Crippen molar-refractivity contribution < 1.29 is 9.32 Å². The minimum atomic E-state index is -0.491. The van der Waals surface area contributed by atoms with Crippen LogP contribution in [-0.4, -0.2) is 17.1 Å². The molecule has 0 aliphatic carbocycles. The van der Waals surface area contributed by atoms with Gasteiger partial charge in [0.15, 0.2) is 0 Å². The molecule has 0 spiro atoms. The van der Waals surface area contributed by atoms with Gasteiger partial charge >= 0.3 is 0 Å². The number of hydrogen-bond donors (Lipinski definition) is 2. The molecule has 3 N–H and O–H groups in total. The largest absolute Gasteiger partial charge is 0.361 e. The van der Waals surface area contributed by atoms with Gasteiger partial charge in [-0.2, -0.15) is 0 Å². The van der Waals surface area contributed by atoms with Crippen LogP contribution in [0.1, 0.15) is 37.8 Å². The smallest absolute Gasteiger partial charge is 0.236 e. The van der Waals surface area contributed by atoms with Crippen molar-refractivity contribution in [3.8, 4) is 0 Å². The van der Waals surface area contributed by atoms with Crippen molar-refractivity contribution >= 4 is 18.3 Å². The average molecular weight is 262 g/mol. The van der Waals surface area contributed by atoms with Gasteiger partial charge in [-0.1, -0.05) is 19.0 Å². The quantitative estimate of drug-likeness (QED) is 0.834. The number of nitrogens with zero attached hydrogens (tertiary/aromatic N) is 1. The van der Waals surface area contributed by atoms with Gasteiger partial charge < -0.3 is 15.6 Å². The van der Waals surface area contributed by atoms with Gasteiger partial charge in [-0.05, 0) is 13.3 Å². The molecule has 1 atom stereocenters. The maximum absolute atomic E-state index is 11.4. The third kappa shape index (κ3) is 4.02. The number of rotatable bonds is 5. The van der Waals surface area contributed by atoms with Crippen molar-refractivity contribution in [2.75, 3.05) is 0 Å². The van der Waals surface area contributed by atoms with Crippen LogP contribution in [0.2, 0.25) is 0 Å². The molecule has 0 saturated heterocycles. The number of carbonyl (C=O) groups excluding carboxylic acids is 1. The number of aromatic nitrogens is 1. The van der Waals surface area contributed by atoms with E-state index in [-0.39, 0.29) is 18.3 Å². The Kier molecular flexibility index (Phi) is 6.83. The normalized spacial score (nSPS) is 11.8. The Bertz CT molecular complexity index is 342. The van der Waals surface area contributed by atoms with Gasteiger partial charge in [-0.15, -0.1) is 12.4 Å². The van der Waals surface area contributed by atoms with Gasteiger partial charge in [0.05, 0.1) is 11.7 Å². The van der Waals surface area contributed by atoms with Crippen molar-refractivity contribution in [2.24, 2.45) is 5.73 Å². The first-order valence-corrected chi connectivity index (χ1v) is 5.59. The molecule has 1 amide bonds. The number of nitrogens with one attached hydrogen (secondary N) is 1. The van der Waals surface area contributed by atoms with E-state index in [1.165, 1.54) is 0 Å². The van der Waals surface area contributed by atoms with Crippen LogP contribution in [0, 0.1) is 0 Å². The van der Waals surface area contributed by atoms with Gasteiger partial charge in [-0.3, -0.25) is 4.79 Å². The Hall–Kier alpha value is -1.07. The summed E-state index contributed by atoms with van der Waals surface area (Å²) in [5.41, 5.74) is 7.36. The van der Waals surface area contributed by atoms with Crippen LogP contribution < -0.4 is 11.1 Å². The monoisotopic (exact) mass is 261 g/mol. The summed E-state index contributed by atoms with van der Waals surface area (Å²) in [5, 5.41) is 6.74. The van der Waals surface area contributed by atoms with E-state index in [0.717, 1.165) is 29.9 Å². The van der Waals surface area contributed by atoms with E-state index in [0.29, 0.717) is 6.54 Å². The fourth-order valence-electron chi connectivity index (χ4n) is 1.47. The van der Waals surface area contributed by atoms with E-state index < -0.39 is 6.04 Å². The standard InChI is InChI=1S/C11H19N3O2.ClH/c1-4-9-8(10(5-2)16-14-9)6-13-11(15)7(3)12;/h7H,4-6,12H2,1-3H3,(H,13,15);1H/t7-;/m1./s1. The average Bonchev–Trinajstić information content (AvgIpc) is 2.67. The number of aryl methyl sites for hydroxylation is 2. The predicted octanol–water partition coefficient (Wildman–Crippen LogP) is 1.18. The molecule has 1 aromatic heterocycles. The van der Waals surface area contributed by atoms with E-state index in [4.69, 9.17) is 10.3 Å². The number of hydrogen-bond acceptors (Lipinski definition) is 4. The minimum absolute atomic E-state index is 0. The highest BCUT2D eigenvalue weighted by molar-refractivity contribution is 5.85. The van der Waals surface area contributed by atoms with Crippen LogP contribution >= 0.6 is 12.4 Å². The van der Waals surface area contributed by atoms with Gasteiger partial charge in [-0.25, -0.2) is 0 Å². The summed E-state index contributed by atoms with van der Waals surface area (Å²) in [6.07, 6.45) is 1.57. The lowest BCUT2D eigenvalue weighted by atomic mass is 10.1. The maximum atomic E-state index is 11.4. The zero-order valence-corrected chi connectivity index (χ0v) is 11.3. The lowest BCUT2D eigenvalue weighted by Crippen LogP contribution is -2.38. The Labute approximate surface area is 108 Å². The van der Waals surface area contributed by atoms with Gasteiger partial charge in [0.25, 0.3) is 0 Å². The molecule has 0 fully saturated rings. The molecule has 17 heavy (non-hydrogen) atoms. The van der Waals surface area contributed by atoms with Crippen molar-refractivity contribution in [3.05, 3.63) is 17.0 Å². The molecule has 0 aliphatic heterocycles. The predicted molar refractivity (Wildman–Crippen MR) is 68.0 cm³/mol. The zero-order chi connectivity index (χ0) is 12.1. The number of halogens is 1. The molecule has 0 unspecified atom stereocenters. The van der Waals surface area contributed by atoms with Crippen LogP contribution in [0.4, 0.5) is 0 Å². The van der Waals surface area contributed by atoms with Crippen molar-refractivity contribution in [1.29, 1.82) is 0 Å². The molecule has 0 bridgehead atoms. The van der Waals surface area contributed by atoms with Crippen LogP contribution in [0.5, 0.6) is 0 Å². The SMILES string of the molecule is CCc1noc(CC)c1CNC(=O)[C@@H](C)N.Cl. The first-order valence-electron chi connectivity index (χ1n) is 5.59. The second kappa shape index (κ2) is 7.29. The lowest BCUT2D eigenvalue weighted by molar-refractivity contribution is -0.122. The molecule has 0 radical (unpaired) electrons. The highest BCUT2D eigenvalue weighted by atomic mass is 35.5. The summed E-state index contributed by atoms with van der Waals surface area (Å²) < 4.78 is 5.20. The molecule has 1 heterocycles. The van der Waals surface area contributed by atoms with E-state index >= 15 is 0 Å². The van der Waals surface area contributed by atoms with E-state index in [1.807, 2.05) is 13.8 Å². The van der Waals surface area contributed by atoms with Crippen LogP contribution in [-0.2, 0) is 24.2 Å². The van der Waals surface area contributed by atoms with Gasteiger partial charge in [0.2, 0.25) is 5.91 Å². The summed E-state index contributed by atoms with van der Waals surface area (Å²) >= 11 is 0. The van der Waals surface area contributed by atoms with E-state index in [1.54, 1.807) is 6.92 Å². The first kappa shape index (κ1) is 15.9. The third-order valence-corrected chi connectivity index (χ3v) is 2.46. The second-order valence-corrected chi connectivity index (χ2v) is 3.74. The lowest BCUT2D eigenvalue weighted by Gasteiger charge is -2.07. The van der Waals surface area contributed by atoms with Gasteiger partial charge in [0, 0.05) is 18.5 Å². The van der Waals surface area contributed by atoms with Crippen molar-refractivity contribution in [1.82, 2.24) is 10.5 Å². The van der Waals surface area contributed by atoms with Crippen molar-refractivity contribution in [3.63, 3.8) is 0 Å². The number of nitrogens with two attached hydrogens (primary N) is 1. The molecular weight excluding hydrogens is 242 g/mol. The topological polar surface area (TPSA) is 81.2 Å². The zero-order valence-electron chi connectivity index (χ0n) is 10.4. The second-order valence-electron chi connectivity index (χ2n) is 3.74. The molecule has 5 nitrogen and oxygen atoms in total. The molecule has 0 saturated carbocycles. The van der Waals surface area contributed by atoms with Crippen LogP contribution in [0.3, 0.4) is 0 Å². The van der Waals surface area contributed by atoms with Gasteiger partial charge in [0.1, 0.15) is 5.76 Å². The van der Waals surface area contributed by atoms with Crippen molar-refractivity contribution in [2.45, 2.75) is 46.2 Å². The van der Waals surface area contributed by atoms with E-state index in [2.05, 4.69) is 10.5 Å². The van der Waals surface area contributed by atoms with Crippen LogP contribution in [0.25, 0.3) is 0 Å². The molecule has 98 valence electrons. The maximum Gasteiger partial charge on any atom is 0.236 e. The summed E-state index contributed by atoms with van der Waals surface area (Å²) in [4.78, 5) is 11.4. The summed E-state index contributed by atoms with van der Waals surface area (Å²) in [6, 6.07) is -0.491. The highest BCUT2D eigenvalue weighted by Crippen LogP contribution is 2.15. The fourth-order valence-corrected chi connectivity index (χ4v) is 1.47. The Morgan fingerprint density at radius 1 is 1.47 bits per heavy atom. The number of carbonyl (C=O) groups is 1. The first-order chi connectivity index (χ1) is 7.60. The molecule has 6 heteroatoms. The molecule has 1 rings (SSSR count). The Balaban J connectivity index is 0.00000256. The Morgan fingerprint density at radius 2 is 2.12 bits per heavy atom. The summed E-state index contributed by atoms with van der Waals surface area (Å²) in [6.45, 7) is 6.10. The fraction of sp³-hybridized carbons (Fsp3) is 0.636. The molecular formula is C11H20ClN3O2. The highest BCUT2D eigenvalue weighted by Gasteiger charge is 2.15. The third-order valence-electron chi connectivity index (χ3n) is 2.46. The minimum Gasteiger partial charge on any atom is -0.361 e. The molecule has 0 aliphatic rings.